The number of nitrogens with one attached hydrogen (secondary N) is 2. The summed E-state index contributed by atoms with van der Waals surface area (Å²) < 4.78 is 18.8. The van der Waals surface area contributed by atoms with E-state index >= 15 is 0 Å². The summed E-state index contributed by atoms with van der Waals surface area (Å²) in [4.78, 5) is 25.2. The third kappa shape index (κ3) is 5.54. The van der Waals surface area contributed by atoms with Crippen LogP contribution in [0.5, 0.6) is 5.75 Å². The van der Waals surface area contributed by atoms with Gasteiger partial charge in [0.1, 0.15) is 17.6 Å². The Balaban J connectivity index is 2.10. The maximum atomic E-state index is 13.4. The Bertz CT molecular complexity index is 804. The van der Waals surface area contributed by atoms with Gasteiger partial charge < -0.3 is 15.4 Å². The van der Waals surface area contributed by atoms with Crippen molar-refractivity contribution in [2.24, 2.45) is 5.92 Å². The number of hydrogen-bond donors (Lipinski definition) is 2. The molecule has 0 aliphatic rings. The highest BCUT2D eigenvalue weighted by Gasteiger charge is 2.25. The number of anilines is 1. The van der Waals surface area contributed by atoms with Crippen molar-refractivity contribution in [3.63, 3.8) is 0 Å². The van der Waals surface area contributed by atoms with Crippen molar-refractivity contribution >= 4 is 17.5 Å². The van der Waals surface area contributed by atoms with Gasteiger partial charge in [0.15, 0.2) is 0 Å². The average Bonchev–Trinajstić information content (AvgIpc) is 2.63. The molecule has 0 aliphatic heterocycles. The molecule has 144 valence electrons. The van der Waals surface area contributed by atoms with Crippen LogP contribution in [-0.2, 0) is 4.79 Å². The van der Waals surface area contributed by atoms with Crippen LogP contribution in [0.25, 0.3) is 0 Å². The Morgan fingerprint density at radius 1 is 1.11 bits per heavy atom. The molecule has 0 aliphatic carbocycles. The van der Waals surface area contributed by atoms with Gasteiger partial charge in [-0.05, 0) is 61.7 Å². The molecular formula is C21H25FN2O3. The van der Waals surface area contributed by atoms with E-state index < -0.39 is 17.8 Å². The van der Waals surface area contributed by atoms with Gasteiger partial charge in [0.05, 0.1) is 6.61 Å². The molecule has 5 nitrogen and oxygen atoms in total. The standard InChI is InChI=1S/C21H25FN2O3/c1-5-27-17-10-7-15(8-11-17)20(25)24-19(13(2)3)21(26)23-18-12-16(22)9-6-14(18)4/h6-13,19H,5H2,1-4H3,(H,23,26)(H,24,25)/t19-/m1/s1. The van der Waals surface area contributed by atoms with E-state index in [1.54, 1.807) is 37.3 Å². The first-order valence-corrected chi connectivity index (χ1v) is 8.92. The quantitative estimate of drug-likeness (QED) is 0.774. The number of hydrogen-bond acceptors (Lipinski definition) is 3. The summed E-state index contributed by atoms with van der Waals surface area (Å²) in [5.74, 6) is -0.657. The summed E-state index contributed by atoms with van der Waals surface area (Å²) in [7, 11) is 0. The van der Waals surface area contributed by atoms with Gasteiger partial charge in [-0.25, -0.2) is 4.39 Å². The highest BCUT2D eigenvalue weighted by atomic mass is 19.1. The molecule has 1 atom stereocenters. The largest absolute Gasteiger partial charge is 0.494 e. The second kappa shape index (κ2) is 9.16. The molecule has 0 aromatic heterocycles. The summed E-state index contributed by atoms with van der Waals surface area (Å²) in [5, 5.41) is 5.45. The molecule has 27 heavy (non-hydrogen) atoms. The minimum atomic E-state index is -0.758. The Hall–Kier alpha value is -2.89. The lowest BCUT2D eigenvalue weighted by Crippen LogP contribution is -2.47. The molecule has 2 amide bonds. The average molecular weight is 372 g/mol. The van der Waals surface area contributed by atoms with E-state index in [1.165, 1.54) is 12.1 Å². The van der Waals surface area contributed by atoms with E-state index in [9.17, 15) is 14.0 Å². The molecule has 2 aromatic rings. The number of halogens is 1. The molecule has 6 heteroatoms. The zero-order valence-electron chi connectivity index (χ0n) is 16.0. The Morgan fingerprint density at radius 3 is 2.37 bits per heavy atom. The Kier molecular flexibility index (Phi) is 6.93. The van der Waals surface area contributed by atoms with Crippen LogP contribution < -0.4 is 15.4 Å². The normalized spacial score (nSPS) is 11.8. The topological polar surface area (TPSA) is 67.4 Å². The van der Waals surface area contributed by atoms with Crippen LogP contribution in [0.2, 0.25) is 0 Å². The third-order valence-corrected chi connectivity index (χ3v) is 4.12. The van der Waals surface area contributed by atoms with Crippen LogP contribution in [0.3, 0.4) is 0 Å². The Morgan fingerprint density at radius 2 is 1.78 bits per heavy atom. The van der Waals surface area contributed by atoms with E-state index in [0.29, 0.717) is 23.6 Å². The molecule has 0 saturated carbocycles. The first kappa shape index (κ1) is 20.4. The fraction of sp³-hybridized carbons (Fsp3) is 0.333. The van der Waals surface area contributed by atoms with Crippen molar-refractivity contribution in [1.82, 2.24) is 5.32 Å². The number of ether oxygens (including phenoxy) is 1. The molecule has 0 heterocycles. The van der Waals surface area contributed by atoms with Crippen molar-refractivity contribution in [3.8, 4) is 5.75 Å². The smallest absolute Gasteiger partial charge is 0.251 e. The van der Waals surface area contributed by atoms with Gasteiger partial charge in [0.2, 0.25) is 5.91 Å². The SMILES string of the molecule is CCOc1ccc(C(=O)N[C@@H](C(=O)Nc2cc(F)ccc2C)C(C)C)cc1. The van der Waals surface area contributed by atoms with Gasteiger partial charge in [-0.15, -0.1) is 0 Å². The Labute approximate surface area is 158 Å². The summed E-state index contributed by atoms with van der Waals surface area (Å²) in [6, 6.07) is 10.1. The summed E-state index contributed by atoms with van der Waals surface area (Å²) in [6.45, 7) is 7.87. The lowest BCUT2D eigenvalue weighted by Gasteiger charge is -2.22. The van der Waals surface area contributed by atoms with E-state index in [-0.39, 0.29) is 11.8 Å². The summed E-state index contributed by atoms with van der Waals surface area (Å²) >= 11 is 0. The molecule has 0 saturated heterocycles. The fourth-order valence-corrected chi connectivity index (χ4v) is 2.57. The summed E-state index contributed by atoms with van der Waals surface area (Å²) in [5.41, 5.74) is 1.56. The first-order chi connectivity index (χ1) is 12.8. The predicted octanol–water partition coefficient (Wildman–Crippen LogP) is 3.93. The number of aryl methyl sites for hydroxylation is 1. The second-order valence-corrected chi connectivity index (χ2v) is 6.60. The van der Waals surface area contributed by atoms with E-state index in [4.69, 9.17) is 4.74 Å². The monoisotopic (exact) mass is 372 g/mol. The van der Waals surface area contributed by atoms with Gasteiger partial charge in [-0.2, -0.15) is 0 Å². The second-order valence-electron chi connectivity index (χ2n) is 6.60. The van der Waals surface area contributed by atoms with Crippen molar-refractivity contribution < 1.29 is 18.7 Å². The molecule has 2 N–H and O–H groups in total. The first-order valence-electron chi connectivity index (χ1n) is 8.92. The molecular weight excluding hydrogens is 347 g/mol. The minimum absolute atomic E-state index is 0.148. The fourth-order valence-electron chi connectivity index (χ4n) is 2.57. The molecule has 0 bridgehead atoms. The van der Waals surface area contributed by atoms with Gasteiger partial charge in [0, 0.05) is 11.3 Å². The predicted molar refractivity (Wildman–Crippen MR) is 103 cm³/mol. The van der Waals surface area contributed by atoms with Crippen LogP contribution in [0.15, 0.2) is 42.5 Å². The third-order valence-electron chi connectivity index (χ3n) is 4.12. The van der Waals surface area contributed by atoms with Crippen molar-refractivity contribution in [2.45, 2.75) is 33.7 Å². The zero-order valence-corrected chi connectivity index (χ0v) is 16.0. The van der Waals surface area contributed by atoms with Crippen LogP contribution in [-0.4, -0.2) is 24.5 Å². The van der Waals surface area contributed by atoms with Crippen molar-refractivity contribution in [2.75, 3.05) is 11.9 Å². The van der Waals surface area contributed by atoms with Gasteiger partial charge in [-0.3, -0.25) is 9.59 Å². The number of benzene rings is 2. The highest BCUT2D eigenvalue weighted by Crippen LogP contribution is 2.18. The molecule has 0 unspecified atom stereocenters. The van der Waals surface area contributed by atoms with Crippen molar-refractivity contribution in [1.29, 1.82) is 0 Å². The molecule has 2 rings (SSSR count). The van der Waals surface area contributed by atoms with Gasteiger partial charge in [0.25, 0.3) is 5.91 Å². The lowest BCUT2D eigenvalue weighted by atomic mass is 10.0. The highest BCUT2D eigenvalue weighted by molar-refractivity contribution is 6.01. The maximum Gasteiger partial charge on any atom is 0.251 e. The van der Waals surface area contributed by atoms with E-state index in [1.807, 2.05) is 20.8 Å². The number of rotatable bonds is 7. The molecule has 2 aromatic carbocycles. The van der Waals surface area contributed by atoms with Crippen LogP contribution >= 0.6 is 0 Å². The number of carbonyl (C=O) groups excluding carboxylic acids is 2. The van der Waals surface area contributed by atoms with Crippen LogP contribution in [0.4, 0.5) is 10.1 Å². The van der Waals surface area contributed by atoms with E-state index in [2.05, 4.69) is 10.6 Å². The van der Waals surface area contributed by atoms with Gasteiger partial charge >= 0.3 is 0 Å². The molecule has 0 radical (unpaired) electrons. The van der Waals surface area contributed by atoms with E-state index in [0.717, 1.165) is 5.56 Å². The minimum Gasteiger partial charge on any atom is -0.494 e. The number of carbonyl (C=O) groups is 2. The van der Waals surface area contributed by atoms with Crippen molar-refractivity contribution in [3.05, 3.63) is 59.4 Å². The maximum absolute atomic E-state index is 13.4. The van der Waals surface area contributed by atoms with Crippen LogP contribution in [0.1, 0.15) is 36.7 Å². The van der Waals surface area contributed by atoms with Crippen LogP contribution in [0, 0.1) is 18.7 Å². The lowest BCUT2D eigenvalue weighted by molar-refractivity contribution is -0.118. The molecule has 0 spiro atoms. The van der Waals surface area contributed by atoms with Gasteiger partial charge in [-0.1, -0.05) is 19.9 Å². The number of amides is 2. The molecule has 0 fully saturated rings. The zero-order chi connectivity index (χ0) is 20.0. The summed E-state index contributed by atoms with van der Waals surface area (Å²) in [6.07, 6.45) is 0.